The number of hydrogen-bond donors (Lipinski definition) is 0. The third-order valence-electron chi connectivity index (χ3n) is 4.25. The Morgan fingerprint density at radius 3 is 2.52 bits per heavy atom. The van der Waals surface area contributed by atoms with E-state index >= 15 is 0 Å². The number of halogens is 1. The first kappa shape index (κ1) is 17.9. The summed E-state index contributed by atoms with van der Waals surface area (Å²) in [4.78, 5) is 13.9. The van der Waals surface area contributed by atoms with E-state index in [0.717, 1.165) is 28.8 Å². The maximum absolute atomic E-state index is 11.7. The van der Waals surface area contributed by atoms with Crippen LogP contribution in [0.25, 0.3) is 0 Å². The molecule has 0 radical (unpaired) electrons. The van der Waals surface area contributed by atoms with Gasteiger partial charge in [0, 0.05) is 29.7 Å². The van der Waals surface area contributed by atoms with Gasteiger partial charge in [-0.25, -0.2) is 0 Å². The second kappa shape index (κ2) is 7.86. The Kier molecular flexibility index (Phi) is 6.10. The monoisotopic (exact) mass is 381 g/mol. The molecule has 126 valence electrons. The second-order valence-corrected chi connectivity index (χ2v) is 6.94. The fraction of sp³-hybridized carbons (Fsp3) is 0.500. The summed E-state index contributed by atoms with van der Waals surface area (Å²) in [5.41, 5.74) is 1.16. The number of rotatable bonds is 6. The summed E-state index contributed by atoms with van der Waals surface area (Å²) in [6.07, 6.45) is 5.08. The van der Waals surface area contributed by atoms with E-state index < -0.39 is 0 Å². The van der Waals surface area contributed by atoms with Gasteiger partial charge in [-0.05, 0) is 36.1 Å². The minimum Gasteiger partial charge on any atom is -0.493 e. The Labute approximate surface area is 146 Å². The molecule has 4 nitrogen and oxygen atoms in total. The minimum atomic E-state index is 0.215. The summed E-state index contributed by atoms with van der Waals surface area (Å²) < 4.78 is 11.7. The average Bonchev–Trinajstić information content (AvgIpc) is 2.54. The first-order valence-corrected chi connectivity index (χ1v) is 8.62. The van der Waals surface area contributed by atoms with Crippen molar-refractivity contribution in [3.63, 3.8) is 0 Å². The topological polar surface area (TPSA) is 38.8 Å². The van der Waals surface area contributed by atoms with E-state index in [4.69, 9.17) is 9.47 Å². The molecular formula is C18H24BrNO3. The molecule has 23 heavy (non-hydrogen) atoms. The van der Waals surface area contributed by atoms with Crippen molar-refractivity contribution < 1.29 is 14.3 Å². The molecule has 1 atom stereocenters. The molecule has 5 heteroatoms. The summed E-state index contributed by atoms with van der Waals surface area (Å²) >= 11 is 3.60. The Balaban J connectivity index is 2.13. The van der Waals surface area contributed by atoms with E-state index in [9.17, 15) is 4.79 Å². The normalized spacial score (nSPS) is 17.7. The lowest BCUT2D eigenvalue weighted by atomic mass is 9.94. The Hall–Kier alpha value is -1.49. The van der Waals surface area contributed by atoms with E-state index in [2.05, 4.69) is 34.7 Å². The number of hydrogen-bond acceptors (Lipinski definition) is 4. The maximum atomic E-state index is 11.7. The van der Waals surface area contributed by atoms with Crippen molar-refractivity contribution in [2.24, 2.45) is 5.92 Å². The van der Waals surface area contributed by atoms with E-state index in [-0.39, 0.29) is 11.8 Å². The van der Waals surface area contributed by atoms with Crippen LogP contribution in [0.2, 0.25) is 0 Å². The summed E-state index contributed by atoms with van der Waals surface area (Å²) in [5, 5.41) is 0. The third kappa shape index (κ3) is 4.28. The molecule has 1 aliphatic heterocycles. The molecule has 1 aromatic carbocycles. The quantitative estimate of drug-likeness (QED) is 0.750. The molecule has 2 rings (SSSR count). The van der Waals surface area contributed by atoms with Crippen LogP contribution in [0.1, 0.15) is 25.8 Å². The average molecular weight is 382 g/mol. The van der Waals surface area contributed by atoms with Crippen LogP contribution in [-0.4, -0.2) is 37.5 Å². The van der Waals surface area contributed by atoms with Crippen molar-refractivity contribution >= 4 is 21.7 Å². The molecule has 0 N–H and O–H groups in total. The van der Waals surface area contributed by atoms with Crippen LogP contribution in [0.3, 0.4) is 0 Å². The van der Waals surface area contributed by atoms with Crippen LogP contribution in [0.4, 0.5) is 0 Å². The van der Waals surface area contributed by atoms with Gasteiger partial charge in [0.1, 0.15) is 0 Å². The first-order chi connectivity index (χ1) is 11.0. The van der Waals surface area contributed by atoms with Crippen LogP contribution in [0.15, 0.2) is 28.9 Å². The van der Waals surface area contributed by atoms with Crippen LogP contribution < -0.4 is 9.47 Å². The number of ketones is 1. The standard InChI is InChI=1S/C18H24BrNO3/c1-12(2)16-10-14(21)6-8-20(16)7-5-13-9-17(22-3)18(23-4)11-15(13)19/h6,8-9,11-12,16H,5,7,10H2,1-4H3. The first-order valence-electron chi connectivity index (χ1n) is 7.83. The highest BCUT2D eigenvalue weighted by molar-refractivity contribution is 9.10. The van der Waals surface area contributed by atoms with Crippen LogP contribution >= 0.6 is 15.9 Å². The fourth-order valence-electron chi connectivity index (χ4n) is 2.88. The van der Waals surface area contributed by atoms with Crippen molar-refractivity contribution in [3.8, 4) is 11.5 Å². The largest absolute Gasteiger partial charge is 0.493 e. The zero-order chi connectivity index (χ0) is 17.0. The zero-order valence-electron chi connectivity index (χ0n) is 14.1. The SMILES string of the molecule is COc1cc(Br)c(CCN2C=CC(=O)CC2C(C)C)cc1OC. The summed E-state index contributed by atoms with van der Waals surface area (Å²) in [6, 6.07) is 4.21. The van der Waals surface area contributed by atoms with Gasteiger partial charge < -0.3 is 14.4 Å². The van der Waals surface area contributed by atoms with Crippen molar-refractivity contribution in [2.45, 2.75) is 32.7 Å². The molecule has 0 spiro atoms. The Morgan fingerprint density at radius 2 is 1.91 bits per heavy atom. The highest BCUT2D eigenvalue weighted by Gasteiger charge is 2.25. The van der Waals surface area contributed by atoms with Gasteiger partial charge in [0.2, 0.25) is 0 Å². The molecule has 1 aliphatic rings. The van der Waals surface area contributed by atoms with Gasteiger partial charge in [0.15, 0.2) is 17.3 Å². The molecule has 0 aromatic heterocycles. The molecule has 0 saturated heterocycles. The predicted octanol–water partition coefficient (Wildman–Crippen LogP) is 3.82. The summed E-state index contributed by atoms with van der Waals surface area (Å²) in [5.74, 6) is 2.10. The predicted molar refractivity (Wildman–Crippen MR) is 95.0 cm³/mol. The molecule has 1 unspecified atom stereocenters. The van der Waals surface area contributed by atoms with Gasteiger partial charge >= 0.3 is 0 Å². The lowest BCUT2D eigenvalue weighted by Crippen LogP contribution is -2.40. The van der Waals surface area contributed by atoms with Crippen molar-refractivity contribution in [1.82, 2.24) is 4.90 Å². The Bertz CT molecular complexity index is 598. The van der Waals surface area contributed by atoms with E-state index in [0.29, 0.717) is 18.1 Å². The highest BCUT2D eigenvalue weighted by Crippen LogP contribution is 2.33. The van der Waals surface area contributed by atoms with Gasteiger partial charge in [-0.15, -0.1) is 0 Å². The Morgan fingerprint density at radius 1 is 1.26 bits per heavy atom. The molecule has 0 aliphatic carbocycles. The summed E-state index contributed by atoms with van der Waals surface area (Å²) in [6.45, 7) is 5.19. The van der Waals surface area contributed by atoms with E-state index in [1.165, 1.54) is 0 Å². The molecule has 1 heterocycles. The molecular weight excluding hydrogens is 358 g/mol. The minimum absolute atomic E-state index is 0.215. The number of carbonyl (C=O) groups is 1. The highest BCUT2D eigenvalue weighted by atomic mass is 79.9. The number of nitrogens with zero attached hydrogens (tertiary/aromatic N) is 1. The fourth-order valence-corrected chi connectivity index (χ4v) is 3.40. The smallest absolute Gasteiger partial charge is 0.161 e. The molecule has 0 saturated carbocycles. The number of methoxy groups -OCH3 is 2. The van der Waals surface area contributed by atoms with Gasteiger partial charge in [0.05, 0.1) is 14.2 Å². The van der Waals surface area contributed by atoms with Gasteiger partial charge in [-0.3, -0.25) is 4.79 Å². The third-order valence-corrected chi connectivity index (χ3v) is 4.99. The van der Waals surface area contributed by atoms with Crippen molar-refractivity contribution in [1.29, 1.82) is 0 Å². The van der Waals surface area contributed by atoms with Gasteiger partial charge in [-0.1, -0.05) is 29.8 Å². The molecule has 0 amide bonds. The van der Waals surface area contributed by atoms with E-state index in [1.807, 2.05) is 18.3 Å². The maximum Gasteiger partial charge on any atom is 0.161 e. The number of benzene rings is 1. The van der Waals surface area contributed by atoms with Gasteiger partial charge in [0.25, 0.3) is 0 Å². The number of allylic oxidation sites excluding steroid dienone is 1. The van der Waals surface area contributed by atoms with Crippen LogP contribution in [0.5, 0.6) is 11.5 Å². The zero-order valence-corrected chi connectivity index (χ0v) is 15.7. The molecule has 1 aromatic rings. The molecule has 0 fully saturated rings. The van der Waals surface area contributed by atoms with Crippen LogP contribution in [-0.2, 0) is 11.2 Å². The van der Waals surface area contributed by atoms with Crippen molar-refractivity contribution in [2.75, 3.05) is 20.8 Å². The number of ether oxygens (including phenoxy) is 2. The van der Waals surface area contributed by atoms with Gasteiger partial charge in [-0.2, -0.15) is 0 Å². The second-order valence-electron chi connectivity index (χ2n) is 6.08. The summed E-state index contributed by atoms with van der Waals surface area (Å²) in [7, 11) is 3.27. The van der Waals surface area contributed by atoms with Crippen LogP contribution in [0, 0.1) is 5.92 Å². The number of carbonyl (C=O) groups excluding carboxylic acids is 1. The van der Waals surface area contributed by atoms with E-state index in [1.54, 1.807) is 20.3 Å². The lowest BCUT2D eigenvalue weighted by Gasteiger charge is -2.35. The van der Waals surface area contributed by atoms with Crippen molar-refractivity contribution in [3.05, 3.63) is 34.4 Å². The lowest BCUT2D eigenvalue weighted by molar-refractivity contribution is -0.116. The molecule has 0 bridgehead atoms.